The lowest BCUT2D eigenvalue weighted by Gasteiger charge is -2.09. The molecule has 1 rings (SSSR count). The quantitative estimate of drug-likeness (QED) is 0.633. The molecule has 0 saturated carbocycles. The zero-order chi connectivity index (χ0) is 10.7. The van der Waals surface area contributed by atoms with Crippen LogP contribution in [0.25, 0.3) is 0 Å². The summed E-state index contributed by atoms with van der Waals surface area (Å²) in [6.07, 6.45) is 0. The van der Waals surface area contributed by atoms with Crippen molar-refractivity contribution in [1.29, 1.82) is 0 Å². The van der Waals surface area contributed by atoms with Crippen LogP contribution in [-0.2, 0) is 0 Å². The normalized spacial score (nSPS) is 9.71. The molecule has 0 unspecified atom stereocenters. The fourth-order valence-electron chi connectivity index (χ4n) is 1.01. The van der Waals surface area contributed by atoms with E-state index in [0.29, 0.717) is 17.1 Å². The van der Waals surface area contributed by atoms with Crippen molar-refractivity contribution in [3.63, 3.8) is 0 Å². The maximum atomic E-state index is 11.0. The van der Waals surface area contributed by atoms with E-state index in [1.54, 1.807) is 12.1 Å². The van der Waals surface area contributed by atoms with E-state index >= 15 is 0 Å². The zero-order valence-electron chi connectivity index (χ0n) is 7.64. The number of ether oxygens (including phenoxy) is 2. The van der Waals surface area contributed by atoms with Gasteiger partial charge in [0.15, 0.2) is 0 Å². The van der Waals surface area contributed by atoms with Gasteiger partial charge in [0.1, 0.15) is 11.5 Å². The van der Waals surface area contributed by atoms with E-state index in [1.807, 2.05) is 0 Å². The van der Waals surface area contributed by atoms with Gasteiger partial charge in [0.2, 0.25) is 0 Å². The van der Waals surface area contributed by atoms with Gasteiger partial charge in [0, 0.05) is 0 Å². The number of hydrogen-bond donors (Lipinski definition) is 0. The number of carbonyl (C=O) groups is 1. The molecule has 3 nitrogen and oxygen atoms in total. The summed E-state index contributed by atoms with van der Waals surface area (Å²) in [7, 11) is 3.02. The molecule has 14 heavy (non-hydrogen) atoms. The van der Waals surface area contributed by atoms with Gasteiger partial charge in [0.25, 0.3) is 5.24 Å². The molecule has 0 aliphatic rings. The van der Waals surface area contributed by atoms with Crippen molar-refractivity contribution in [2.45, 2.75) is 0 Å². The molecule has 0 N–H and O–H groups in total. The molecule has 0 aliphatic heterocycles. The summed E-state index contributed by atoms with van der Waals surface area (Å²) in [5.41, 5.74) is 0.312. The van der Waals surface area contributed by atoms with Crippen molar-refractivity contribution >= 4 is 39.4 Å². The zero-order valence-corrected chi connectivity index (χ0v) is 10.5. The lowest BCUT2D eigenvalue weighted by molar-refractivity contribution is 0.107. The van der Waals surface area contributed by atoms with Crippen LogP contribution in [0.5, 0.6) is 11.5 Å². The molecule has 0 aromatic heterocycles. The van der Waals surface area contributed by atoms with E-state index in [4.69, 9.17) is 21.1 Å². The van der Waals surface area contributed by atoms with Crippen LogP contribution in [0.15, 0.2) is 12.1 Å². The Hall–Kier alpha value is -0.490. The number of methoxy groups -OCH3 is 2. The molecule has 0 atom stereocenters. The SMILES string of the molecule is COc1cc(C(=O)Cl)c(OC)cc1I. The van der Waals surface area contributed by atoms with E-state index in [0.717, 1.165) is 3.57 Å². The smallest absolute Gasteiger partial charge is 0.256 e. The van der Waals surface area contributed by atoms with Crippen molar-refractivity contribution in [3.8, 4) is 11.5 Å². The number of rotatable bonds is 3. The highest BCUT2D eigenvalue weighted by atomic mass is 127. The lowest BCUT2D eigenvalue weighted by atomic mass is 10.2. The second-order valence-electron chi connectivity index (χ2n) is 2.46. The van der Waals surface area contributed by atoms with Crippen molar-refractivity contribution < 1.29 is 14.3 Å². The Kier molecular flexibility index (Phi) is 4.00. The summed E-state index contributed by atoms with van der Waals surface area (Å²) in [6, 6.07) is 3.27. The fraction of sp³-hybridized carbons (Fsp3) is 0.222. The first-order valence-corrected chi connectivity index (χ1v) is 5.17. The Morgan fingerprint density at radius 3 is 2.29 bits per heavy atom. The lowest BCUT2D eigenvalue weighted by Crippen LogP contribution is -1.98. The Labute approximate surface area is 100 Å². The predicted octanol–water partition coefficient (Wildman–Crippen LogP) is 2.69. The molecule has 5 heteroatoms. The second kappa shape index (κ2) is 4.84. The van der Waals surface area contributed by atoms with Crippen molar-refractivity contribution in [2.24, 2.45) is 0 Å². The van der Waals surface area contributed by atoms with E-state index in [-0.39, 0.29) is 0 Å². The van der Waals surface area contributed by atoms with E-state index < -0.39 is 5.24 Å². The third kappa shape index (κ3) is 2.30. The molecule has 1 aromatic rings. The first kappa shape index (κ1) is 11.6. The molecule has 76 valence electrons. The summed E-state index contributed by atoms with van der Waals surface area (Å²) in [4.78, 5) is 11.0. The summed E-state index contributed by atoms with van der Waals surface area (Å²) in [6.45, 7) is 0. The highest BCUT2D eigenvalue weighted by Gasteiger charge is 2.13. The average molecular weight is 327 g/mol. The summed E-state index contributed by atoms with van der Waals surface area (Å²) in [5.74, 6) is 1.06. The predicted molar refractivity (Wildman–Crippen MR) is 62.4 cm³/mol. The number of hydrogen-bond acceptors (Lipinski definition) is 3. The third-order valence-electron chi connectivity index (χ3n) is 1.69. The Morgan fingerprint density at radius 2 is 1.86 bits per heavy atom. The maximum Gasteiger partial charge on any atom is 0.256 e. The molecule has 0 aliphatic carbocycles. The molecular weight excluding hydrogens is 318 g/mol. The van der Waals surface area contributed by atoms with Crippen molar-refractivity contribution in [3.05, 3.63) is 21.3 Å². The van der Waals surface area contributed by atoms with Crippen LogP contribution in [0.2, 0.25) is 0 Å². The van der Waals surface area contributed by atoms with E-state index in [2.05, 4.69) is 22.6 Å². The van der Waals surface area contributed by atoms with Crippen molar-refractivity contribution in [2.75, 3.05) is 14.2 Å². The summed E-state index contributed by atoms with van der Waals surface area (Å²) in [5, 5.41) is -0.559. The van der Waals surface area contributed by atoms with Gasteiger partial charge in [-0.1, -0.05) is 0 Å². The van der Waals surface area contributed by atoms with E-state index in [9.17, 15) is 4.79 Å². The van der Waals surface area contributed by atoms with Gasteiger partial charge in [-0.05, 0) is 46.3 Å². The number of halogens is 2. The van der Waals surface area contributed by atoms with Gasteiger partial charge in [-0.3, -0.25) is 4.79 Å². The molecule has 0 saturated heterocycles. The number of carbonyl (C=O) groups excluding carboxylic acids is 1. The maximum absolute atomic E-state index is 11.0. The minimum absolute atomic E-state index is 0.312. The summed E-state index contributed by atoms with van der Waals surface area (Å²) < 4.78 is 10.9. The first-order chi connectivity index (χ1) is 6.60. The highest BCUT2D eigenvalue weighted by molar-refractivity contribution is 14.1. The van der Waals surface area contributed by atoms with Crippen LogP contribution in [0.3, 0.4) is 0 Å². The van der Waals surface area contributed by atoms with Gasteiger partial charge < -0.3 is 9.47 Å². The van der Waals surface area contributed by atoms with Gasteiger partial charge in [-0.15, -0.1) is 0 Å². The highest BCUT2D eigenvalue weighted by Crippen LogP contribution is 2.30. The van der Waals surface area contributed by atoms with Crippen LogP contribution in [0.1, 0.15) is 10.4 Å². The molecule has 0 radical (unpaired) electrons. The molecule has 0 fully saturated rings. The first-order valence-electron chi connectivity index (χ1n) is 3.71. The monoisotopic (exact) mass is 326 g/mol. The molecule has 0 amide bonds. The average Bonchev–Trinajstić information content (AvgIpc) is 2.16. The van der Waals surface area contributed by atoms with Gasteiger partial charge in [0.05, 0.1) is 23.4 Å². The van der Waals surface area contributed by atoms with Crippen LogP contribution in [0, 0.1) is 3.57 Å². The third-order valence-corrected chi connectivity index (χ3v) is 2.73. The molecule has 1 aromatic carbocycles. The molecule has 0 spiro atoms. The number of benzene rings is 1. The molecule has 0 bridgehead atoms. The van der Waals surface area contributed by atoms with Gasteiger partial charge in [-0.2, -0.15) is 0 Å². The summed E-state index contributed by atoms with van der Waals surface area (Å²) >= 11 is 7.48. The standard InChI is InChI=1S/C9H8ClIO3/c1-13-7-4-6(11)8(14-2)3-5(7)9(10)12/h3-4H,1-2H3. The van der Waals surface area contributed by atoms with Crippen LogP contribution >= 0.6 is 34.2 Å². The van der Waals surface area contributed by atoms with Crippen LogP contribution < -0.4 is 9.47 Å². The molecule has 0 heterocycles. The Balaban J connectivity index is 3.32. The fourth-order valence-corrected chi connectivity index (χ4v) is 1.82. The van der Waals surface area contributed by atoms with Gasteiger partial charge in [-0.25, -0.2) is 0 Å². The largest absolute Gasteiger partial charge is 0.496 e. The minimum Gasteiger partial charge on any atom is -0.496 e. The van der Waals surface area contributed by atoms with Crippen molar-refractivity contribution in [1.82, 2.24) is 0 Å². The Morgan fingerprint density at radius 1 is 1.29 bits per heavy atom. The Bertz CT molecular complexity index is 365. The van der Waals surface area contributed by atoms with Gasteiger partial charge >= 0.3 is 0 Å². The van der Waals surface area contributed by atoms with Crippen LogP contribution in [0.4, 0.5) is 0 Å². The van der Waals surface area contributed by atoms with Crippen LogP contribution in [-0.4, -0.2) is 19.5 Å². The minimum atomic E-state index is -0.559. The van der Waals surface area contributed by atoms with E-state index in [1.165, 1.54) is 14.2 Å². The molecular formula is C9H8ClIO3. The second-order valence-corrected chi connectivity index (χ2v) is 3.97. The topological polar surface area (TPSA) is 35.5 Å².